The smallest absolute Gasteiger partial charge is 0.254 e. The van der Waals surface area contributed by atoms with Gasteiger partial charge in [0.05, 0.1) is 12.7 Å². The Kier molecular flexibility index (Phi) is 5.24. The molecule has 2 rings (SSSR count). The SMILES string of the molecule is COc1ccc(C(=O)NCC2CCCCC2Cl)c(F)c1. The number of hydrogen-bond acceptors (Lipinski definition) is 2. The first-order chi connectivity index (χ1) is 9.61. The molecular formula is C15H19ClFNO2. The number of hydrogen-bond donors (Lipinski definition) is 1. The highest BCUT2D eigenvalue weighted by atomic mass is 35.5. The van der Waals surface area contributed by atoms with E-state index in [0.717, 1.165) is 25.7 Å². The number of rotatable bonds is 4. The van der Waals surface area contributed by atoms with Crippen LogP contribution in [0.15, 0.2) is 18.2 Å². The van der Waals surface area contributed by atoms with Crippen molar-refractivity contribution in [3.63, 3.8) is 0 Å². The zero-order chi connectivity index (χ0) is 14.5. The van der Waals surface area contributed by atoms with Crippen LogP contribution in [0.25, 0.3) is 0 Å². The predicted octanol–water partition coefficient (Wildman–Crippen LogP) is 3.36. The number of ether oxygens (including phenoxy) is 1. The molecule has 0 heterocycles. The number of carbonyl (C=O) groups is 1. The molecule has 2 unspecified atom stereocenters. The third-order valence-corrected chi connectivity index (χ3v) is 4.34. The average Bonchev–Trinajstić information content (AvgIpc) is 2.46. The highest BCUT2D eigenvalue weighted by molar-refractivity contribution is 6.20. The average molecular weight is 300 g/mol. The number of nitrogens with one attached hydrogen (secondary N) is 1. The van der Waals surface area contributed by atoms with Gasteiger partial charge in [-0.25, -0.2) is 4.39 Å². The first-order valence-corrected chi connectivity index (χ1v) is 7.31. The molecule has 1 aliphatic carbocycles. The Hall–Kier alpha value is -1.29. The maximum absolute atomic E-state index is 13.8. The Morgan fingerprint density at radius 3 is 2.85 bits per heavy atom. The molecule has 0 aliphatic heterocycles. The maximum Gasteiger partial charge on any atom is 0.254 e. The molecule has 2 atom stereocenters. The minimum Gasteiger partial charge on any atom is -0.497 e. The van der Waals surface area contributed by atoms with E-state index < -0.39 is 11.7 Å². The number of carbonyl (C=O) groups excluding carboxylic acids is 1. The fourth-order valence-electron chi connectivity index (χ4n) is 2.52. The van der Waals surface area contributed by atoms with E-state index in [9.17, 15) is 9.18 Å². The lowest BCUT2D eigenvalue weighted by Crippen LogP contribution is -2.35. The van der Waals surface area contributed by atoms with Crippen LogP contribution < -0.4 is 10.1 Å². The summed E-state index contributed by atoms with van der Waals surface area (Å²) in [4.78, 5) is 12.0. The highest BCUT2D eigenvalue weighted by Crippen LogP contribution is 2.28. The first kappa shape index (κ1) is 15.1. The van der Waals surface area contributed by atoms with Crippen molar-refractivity contribution in [2.45, 2.75) is 31.1 Å². The van der Waals surface area contributed by atoms with Gasteiger partial charge in [-0.15, -0.1) is 11.6 Å². The topological polar surface area (TPSA) is 38.3 Å². The molecule has 0 spiro atoms. The fraction of sp³-hybridized carbons (Fsp3) is 0.533. The zero-order valence-corrected chi connectivity index (χ0v) is 12.3. The van der Waals surface area contributed by atoms with Crippen molar-refractivity contribution in [3.8, 4) is 5.75 Å². The van der Waals surface area contributed by atoms with Crippen molar-refractivity contribution in [3.05, 3.63) is 29.6 Å². The van der Waals surface area contributed by atoms with E-state index in [1.165, 1.54) is 19.2 Å². The third-order valence-electron chi connectivity index (χ3n) is 3.76. The molecule has 0 radical (unpaired) electrons. The minimum atomic E-state index is -0.576. The lowest BCUT2D eigenvalue weighted by molar-refractivity contribution is 0.0940. The van der Waals surface area contributed by atoms with E-state index in [4.69, 9.17) is 16.3 Å². The van der Waals surface area contributed by atoms with Crippen molar-refractivity contribution in [1.82, 2.24) is 5.32 Å². The summed E-state index contributed by atoms with van der Waals surface area (Å²) < 4.78 is 18.7. The molecule has 1 saturated carbocycles. The van der Waals surface area contributed by atoms with Gasteiger partial charge in [0.1, 0.15) is 11.6 Å². The molecule has 1 N–H and O–H groups in total. The lowest BCUT2D eigenvalue weighted by Gasteiger charge is -2.27. The van der Waals surface area contributed by atoms with Gasteiger partial charge in [-0.05, 0) is 30.9 Å². The van der Waals surface area contributed by atoms with E-state index >= 15 is 0 Å². The zero-order valence-electron chi connectivity index (χ0n) is 11.5. The summed E-state index contributed by atoms with van der Waals surface area (Å²) in [6, 6.07) is 4.21. The Bertz CT molecular complexity index is 481. The Balaban J connectivity index is 1.94. The van der Waals surface area contributed by atoms with Gasteiger partial charge in [0, 0.05) is 18.0 Å². The van der Waals surface area contributed by atoms with Crippen LogP contribution in [0.2, 0.25) is 0 Å². The Morgan fingerprint density at radius 1 is 1.45 bits per heavy atom. The molecule has 1 aromatic rings. The molecule has 1 amide bonds. The molecule has 20 heavy (non-hydrogen) atoms. The van der Waals surface area contributed by atoms with Crippen molar-refractivity contribution in [1.29, 1.82) is 0 Å². The van der Waals surface area contributed by atoms with Crippen molar-refractivity contribution < 1.29 is 13.9 Å². The number of benzene rings is 1. The molecule has 1 aliphatic rings. The van der Waals surface area contributed by atoms with Crippen LogP contribution in [-0.4, -0.2) is 24.9 Å². The Morgan fingerprint density at radius 2 is 2.20 bits per heavy atom. The summed E-state index contributed by atoms with van der Waals surface area (Å²) >= 11 is 6.24. The predicted molar refractivity (Wildman–Crippen MR) is 76.9 cm³/mol. The summed E-state index contributed by atoms with van der Waals surface area (Å²) in [5.41, 5.74) is 0.0349. The molecule has 5 heteroatoms. The highest BCUT2D eigenvalue weighted by Gasteiger charge is 2.24. The van der Waals surface area contributed by atoms with Gasteiger partial charge < -0.3 is 10.1 Å². The lowest BCUT2D eigenvalue weighted by atomic mass is 9.88. The van der Waals surface area contributed by atoms with E-state index in [2.05, 4.69) is 5.32 Å². The normalized spacial score (nSPS) is 22.4. The minimum absolute atomic E-state index is 0.0349. The van der Waals surface area contributed by atoms with Gasteiger partial charge in [-0.2, -0.15) is 0 Å². The standard InChI is InChI=1S/C15H19ClFNO2/c1-20-11-6-7-12(14(17)8-11)15(19)18-9-10-4-2-3-5-13(10)16/h6-8,10,13H,2-5,9H2,1H3,(H,18,19). The van der Waals surface area contributed by atoms with Gasteiger partial charge in [-0.1, -0.05) is 12.8 Å². The van der Waals surface area contributed by atoms with Gasteiger partial charge in [-0.3, -0.25) is 4.79 Å². The van der Waals surface area contributed by atoms with Crippen LogP contribution in [-0.2, 0) is 0 Å². The van der Waals surface area contributed by atoms with Crippen molar-refractivity contribution in [2.24, 2.45) is 5.92 Å². The van der Waals surface area contributed by atoms with Gasteiger partial charge in [0.25, 0.3) is 5.91 Å². The molecule has 0 aromatic heterocycles. The maximum atomic E-state index is 13.8. The third kappa shape index (κ3) is 3.63. The summed E-state index contributed by atoms with van der Waals surface area (Å²) in [7, 11) is 1.46. The second-order valence-corrected chi connectivity index (χ2v) is 5.68. The largest absolute Gasteiger partial charge is 0.497 e. The molecule has 1 fully saturated rings. The molecule has 1 aromatic carbocycles. The van der Waals surface area contributed by atoms with Gasteiger partial charge in [0.15, 0.2) is 0 Å². The first-order valence-electron chi connectivity index (χ1n) is 6.87. The molecule has 0 bridgehead atoms. The van der Waals surface area contributed by atoms with E-state index in [1.54, 1.807) is 6.07 Å². The summed E-state index contributed by atoms with van der Waals surface area (Å²) in [6.07, 6.45) is 4.28. The number of amides is 1. The van der Waals surface area contributed by atoms with Crippen LogP contribution in [0.5, 0.6) is 5.75 Å². The van der Waals surface area contributed by atoms with Crippen LogP contribution in [0.4, 0.5) is 4.39 Å². The summed E-state index contributed by atoms with van der Waals surface area (Å²) in [5, 5.41) is 2.87. The summed E-state index contributed by atoms with van der Waals surface area (Å²) in [6.45, 7) is 0.498. The molecule has 3 nitrogen and oxygen atoms in total. The molecule has 0 saturated heterocycles. The number of halogens is 2. The fourth-order valence-corrected chi connectivity index (χ4v) is 2.89. The number of alkyl halides is 1. The van der Waals surface area contributed by atoms with Crippen LogP contribution in [0, 0.1) is 11.7 Å². The Labute approximate surface area is 123 Å². The second kappa shape index (κ2) is 6.93. The number of methoxy groups -OCH3 is 1. The molecule has 110 valence electrons. The summed E-state index contributed by atoms with van der Waals surface area (Å²) in [5.74, 6) is -0.310. The van der Waals surface area contributed by atoms with Gasteiger partial charge in [0.2, 0.25) is 0 Å². The van der Waals surface area contributed by atoms with Crippen molar-refractivity contribution >= 4 is 17.5 Å². The van der Waals surface area contributed by atoms with E-state index in [0.29, 0.717) is 12.3 Å². The van der Waals surface area contributed by atoms with Crippen LogP contribution >= 0.6 is 11.6 Å². The quantitative estimate of drug-likeness (QED) is 0.866. The van der Waals surface area contributed by atoms with Crippen LogP contribution in [0.3, 0.4) is 0 Å². The molecular weight excluding hydrogens is 281 g/mol. The van der Waals surface area contributed by atoms with E-state index in [-0.39, 0.29) is 16.9 Å². The van der Waals surface area contributed by atoms with E-state index in [1.807, 2.05) is 0 Å². The van der Waals surface area contributed by atoms with Crippen molar-refractivity contribution in [2.75, 3.05) is 13.7 Å². The monoisotopic (exact) mass is 299 g/mol. The van der Waals surface area contributed by atoms with Gasteiger partial charge >= 0.3 is 0 Å². The second-order valence-electron chi connectivity index (χ2n) is 5.12. The van der Waals surface area contributed by atoms with Crippen LogP contribution in [0.1, 0.15) is 36.0 Å².